The maximum absolute atomic E-state index is 12.7. The van der Waals surface area contributed by atoms with Crippen molar-refractivity contribution in [2.75, 3.05) is 6.54 Å². The number of esters is 1. The smallest absolute Gasteiger partial charge is 0.343 e. The molecule has 2 aromatic rings. The van der Waals surface area contributed by atoms with Crippen LogP contribution >= 0.6 is 0 Å². The molecule has 5 heteroatoms. The lowest BCUT2D eigenvalue weighted by molar-refractivity contribution is -0.122. The van der Waals surface area contributed by atoms with Crippen LogP contribution in [0.25, 0.3) is 6.08 Å². The Hall–Kier alpha value is -3.21. The predicted octanol–water partition coefficient (Wildman–Crippen LogP) is 4.37. The molecule has 0 radical (unpaired) electrons. The number of nitrogens with zero attached hydrogens (tertiary/aromatic N) is 2. The van der Waals surface area contributed by atoms with E-state index < -0.39 is 5.97 Å². The zero-order valence-electron chi connectivity index (χ0n) is 15.9. The van der Waals surface area contributed by atoms with Gasteiger partial charge in [-0.25, -0.2) is 9.79 Å². The van der Waals surface area contributed by atoms with E-state index in [1.54, 1.807) is 35.2 Å². The van der Waals surface area contributed by atoms with Gasteiger partial charge in [0.2, 0.25) is 0 Å². The largest absolute Gasteiger partial charge is 0.422 e. The molecule has 28 heavy (non-hydrogen) atoms. The van der Waals surface area contributed by atoms with Crippen LogP contribution in [0.5, 0.6) is 5.75 Å². The number of aliphatic imine (C=N–C) groups is 1. The van der Waals surface area contributed by atoms with Crippen molar-refractivity contribution in [1.82, 2.24) is 4.90 Å². The fourth-order valence-electron chi connectivity index (χ4n) is 3.44. The SMILES string of the molecule is Cc1ccc(C(=O)Oc2ccccc2C=C2N=C3CCCCCN3C2=O)cc1. The molecule has 1 amide bonds. The molecule has 2 aromatic carbocycles. The molecule has 5 nitrogen and oxygen atoms in total. The van der Waals surface area contributed by atoms with Gasteiger partial charge in [-0.15, -0.1) is 0 Å². The number of para-hydroxylation sites is 1. The third kappa shape index (κ3) is 3.74. The van der Waals surface area contributed by atoms with Crippen molar-refractivity contribution in [3.63, 3.8) is 0 Å². The predicted molar refractivity (Wildman–Crippen MR) is 108 cm³/mol. The van der Waals surface area contributed by atoms with E-state index in [0.717, 1.165) is 43.6 Å². The van der Waals surface area contributed by atoms with E-state index in [0.29, 0.717) is 22.6 Å². The Labute approximate surface area is 164 Å². The summed E-state index contributed by atoms with van der Waals surface area (Å²) in [4.78, 5) is 31.5. The minimum absolute atomic E-state index is 0.0726. The lowest BCUT2D eigenvalue weighted by atomic mass is 10.1. The zero-order chi connectivity index (χ0) is 19.5. The summed E-state index contributed by atoms with van der Waals surface area (Å²) in [5.74, 6) is 0.763. The van der Waals surface area contributed by atoms with Crippen LogP contribution in [0, 0.1) is 6.92 Å². The highest BCUT2D eigenvalue weighted by molar-refractivity contribution is 6.14. The molecule has 0 N–H and O–H groups in total. The summed E-state index contributed by atoms with van der Waals surface area (Å²) < 4.78 is 5.60. The van der Waals surface area contributed by atoms with Gasteiger partial charge >= 0.3 is 5.97 Å². The highest BCUT2D eigenvalue weighted by Gasteiger charge is 2.30. The van der Waals surface area contributed by atoms with Crippen molar-refractivity contribution in [3.8, 4) is 5.75 Å². The number of amides is 1. The molecule has 0 spiro atoms. The first-order valence-electron chi connectivity index (χ1n) is 9.61. The second-order valence-corrected chi connectivity index (χ2v) is 7.12. The number of hydrogen-bond acceptors (Lipinski definition) is 4. The second-order valence-electron chi connectivity index (χ2n) is 7.12. The summed E-state index contributed by atoms with van der Waals surface area (Å²) in [7, 11) is 0. The van der Waals surface area contributed by atoms with E-state index in [1.807, 2.05) is 31.2 Å². The molecule has 2 heterocycles. The molecule has 2 aliphatic rings. The summed E-state index contributed by atoms with van der Waals surface area (Å²) in [6.07, 6.45) is 5.72. The number of amidine groups is 1. The van der Waals surface area contributed by atoms with E-state index in [9.17, 15) is 9.59 Å². The van der Waals surface area contributed by atoms with Crippen molar-refractivity contribution < 1.29 is 14.3 Å². The molecule has 0 atom stereocenters. The molecule has 4 rings (SSSR count). The van der Waals surface area contributed by atoms with Gasteiger partial charge in [-0.1, -0.05) is 42.3 Å². The number of carbonyl (C=O) groups is 2. The summed E-state index contributed by atoms with van der Waals surface area (Å²) in [5.41, 5.74) is 2.62. The molecule has 0 bridgehead atoms. The Morgan fingerprint density at radius 1 is 1.07 bits per heavy atom. The van der Waals surface area contributed by atoms with Crippen LogP contribution in [-0.2, 0) is 4.79 Å². The molecule has 1 fully saturated rings. The number of hydrogen-bond donors (Lipinski definition) is 0. The minimum atomic E-state index is -0.427. The number of benzene rings is 2. The molecule has 0 aliphatic carbocycles. The Balaban J connectivity index is 1.60. The Bertz CT molecular complexity index is 974. The Morgan fingerprint density at radius 3 is 2.68 bits per heavy atom. The van der Waals surface area contributed by atoms with Gasteiger partial charge in [-0.3, -0.25) is 9.69 Å². The third-order valence-electron chi connectivity index (χ3n) is 5.01. The van der Waals surface area contributed by atoms with Crippen molar-refractivity contribution in [3.05, 3.63) is 70.9 Å². The van der Waals surface area contributed by atoms with Crippen molar-refractivity contribution in [1.29, 1.82) is 0 Å². The summed E-state index contributed by atoms with van der Waals surface area (Å²) >= 11 is 0. The Morgan fingerprint density at radius 2 is 1.86 bits per heavy atom. The highest BCUT2D eigenvalue weighted by Crippen LogP contribution is 2.27. The van der Waals surface area contributed by atoms with E-state index in [2.05, 4.69) is 4.99 Å². The van der Waals surface area contributed by atoms with Crippen LogP contribution in [-0.4, -0.2) is 29.2 Å². The van der Waals surface area contributed by atoms with Crippen LogP contribution in [0.15, 0.2) is 59.2 Å². The topological polar surface area (TPSA) is 59.0 Å². The number of carbonyl (C=O) groups excluding carboxylic acids is 2. The van der Waals surface area contributed by atoms with Gasteiger partial charge in [0.15, 0.2) is 0 Å². The van der Waals surface area contributed by atoms with Gasteiger partial charge in [-0.05, 0) is 44.0 Å². The fraction of sp³-hybridized carbons (Fsp3) is 0.261. The maximum Gasteiger partial charge on any atom is 0.343 e. The molecule has 0 unspecified atom stereocenters. The van der Waals surface area contributed by atoms with E-state index in [-0.39, 0.29) is 5.91 Å². The van der Waals surface area contributed by atoms with Crippen LogP contribution in [0.3, 0.4) is 0 Å². The van der Waals surface area contributed by atoms with Gasteiger partial charge < -0.3 is 4.74 Å². The minimum Gasteiger partial charge on any atom is -0.422 e. The average molecular weight is 374 g/mol. The molecule has 0 saturated carbocycles. The normalized spacial score (nSPS) is 17.9. The summed E-state index contributed by atoms with van der Waals surface area (Å²) in [5, 5.41) is 0. The van der Waals surface area contributed by atoms with Crippen LogP contribution in [0.2, 0.25) is 0 Å². The van der Waals surface area contributed by atoms with Gasteiger partial charge in [-0.2, -0.15) is 0 Å². The molecule has 1 saturated heterocycles. The number of fused-ring (bicyclic) bond motifs is 1. The van der Waals surface area contributed by atoms with Crippen LogP contribution < -0.4 is 4.74 Å². The van der Waals surface area contributed by atoms with Gasteiger partial charge in [0.05, 0.1) is 5.56 Å². The first kappa shape index (κ1) is 18.2. The van der Waals surface area contributed by atoms with E-state index in [1.165, 1.54) is 0 Å². The van der Waals surface area contributed by atoms with E-state index >= 15 is 0 Å². The average Bonchev–Trinajstić information content (AvgIpc) is 2.85. The summed E-state index contributed by atoms with van der Waals surface area (Å²) in [6.45, 7) is 2.69. The lowest BCUT2D eigenvalue weighted by Crippen LogP contribution is -2.31. The zero-order valence-corrected chi connectivity index (χ0v) is 15.9. The molecular formula is C23H22N2O3. The molecule has 0 aromatic heterocycles. The van der Waals surface area contributed by atoms with E-state index in [4.69, 9.17) is 4.74 Å². The van der Waals surface area contributed by atoms with Crippen molar-refractivity contribution in [2.45, 2.75) is 32.6 Å². The second kappa shape index (κ2) is 7.80. The molecular weight excluding hydrogens is 352 g/mol. The standard InChI is InChI=1S/C23H22N2O3/c1-16-10-12-17(13-11-16)23(27)28-20-8-5-4-7-18(20)15-19-22(26)25-14-6-2-3-9-21(25)24-19/h4-5,7-8,10-13,15H,2-3,6,9,14H2,1H3. The highest BCUT2D eigenvalue weighted by atomic mass is 16.5. The van der Waals surface area contributed by atoms with Crippen molar-refractivity contribution >= 4 is 23.8 Å². The first-order chi connectivity index (χ1) is 13.6. The monoisotopic (exact) mass is 374 g/mol. The van der Waals surface area contributed by atoms with Gasteiger partial charge in [0.25, 0.3) is 5.91 Å². The number of rotatable bonds is 3. The van der Waals surface area contributed by atoms with Gasteiger partial charge in [0, 0.05) is 18.5 Å². The van der Waals surface area contributed by atoms with Crippen molar-refractivity contribution in [2.24, 2.45) is 4.99 Å². The lowest BCUT2D eigenvalue weighted by Gasteiger charge is -2.14. The summed E-state index contributed by atoms with van der Waals surface area (Å²) in [6, 6.07) is 14.4. The number of ether oxygens (including phenoxy) is 1. The molecule has 142 valence electrons. The Kier molecular flexibility index (Phi) is 5.06. The number of aryl methyl sites for hydroxylation is 1. The van der Waals surface area contributed by atoms with Crippen LogP contribution in [0.4, 0.5) is 0 Å². The third-order valence-corrected chi connectivity index (χ3v) is 5.01. The fourth-order valence-corrected chi connectivity index (χ4v) is 3.44. The molecule has 2 aliphatic heterocycles. The first-order valence-corrected chi connectivity index (χ1v) is 9.61. The quantitative estimate of drug-likeness (QED) is 0.455. The van der Waals surface area contributed by atoms with Crippen LogP contribution in [0.1, 0.15) is 47.2 Å². The van der Waals surface area contributed by atoms with Gasteiger partial charge in [0.1, 0.15) is 17.3 Å². The maximum atomic E-state index is 12.7.